The molecule has 0 fully saturated rings. The summed E-state index contributed by atoms with van der Waals surface area (Å²) in [7, 11) is 0. The van der Waals surface area contributed by atoms with E-state index >= 15 is 0 Å². The van der Waals surface area contributed by atoms with Gasteiger partial charge in [-0.25, -0.2) is 4.79 Å². The fraction of sp³-hybridized carbons (Fsp3) is 0.263. The molecule has 0 aliphatic heterocycles. The van der Waals surface area contributed by atoms with E-state index in [1.54, 1.807) is 19.1 Å². The molecule has 2 N–H and O–H groups in total. The molecule has 0 radical (unpaired) electrons. The van der Waals surface area contributed by atoms with Crippen LogP contribution in [0, 0.1) is 6.92 Å². The van der Waals surface area contributed by atoms with Crippen LogP contribution in [0.2, 0.25) is 0 Å². The molecule has 2 aromatic rings. The van der Waals surface area contributed by atoms with Crippen molar-refractivity contribution in [2.24, 2.45) is 0 Å². The molecule has 8 heteroatoms. The van der Waals surface area contributed by atoms with Crippen LogP contribution in [0.15, 0.2) is 28.7 Å². The van der Waals surface area contributed by atoms with Crippen molar-refractivity contribution >= 4 is 35.1 Å². The number of esters is 1. The first-order valence-corrected chi connectivity index (χ1v) is 8.25. The molecule has 0 atom stereocenters. The second kappa shape index (κ2) is 8.31. The van der Waals surface area contributed by atoms with E-state index in [1.165, 1.54) is 32.9 Å². The number of aryl methyl sites for hydroxylation is 1. The number of carbonyl (C=O) groups excluding carboxylic acids is 4. The molecule has 27 heavy (non-hydrogen) atoms. The Morgan fingerprint density at radius 3 is 2.37 bits per heavy atom. The lowest BCUT2D eigenvalue weighted by molar-refractivity contribution is -0.114. The fourth-order valence-corrected chi connectivity index (χ4v) is 2.57. The lowest BCUT2D eigenvalue weighted by Crippen LogP contribution is -2.16. The van der Waals surface area contributed by atoms with Crippen LogP contribution in [0.25, 0.3) is 0 Å². The minimum atomic E-state index is -0.762. The maximum atomic E-state index is 12.6. The summed E-state index contributed by atoms with van der Waals surface area (Å²) in [5, 5.41) is 5.07. The first-order chi connectivity index (χ1) is 12.7. The zero-order chi connectivity index (χ0) is 20.1. The third-order valence-electron chi connectivity index (χ3n) is 3.59. The number of furan rings is 1. The van der Waals surface area contributed by atoms with Gasteiger partial charge in [0.1, 0.15) is 11.3 Å². The van der Waals surface area contributed by atoms with E-state index in [1.807, 2.05) is 0 Å². The zero-order valence-electron chi connectivity index (χ0n) is 15.5. The molecule has 8 nitrogen and oxygen atoms in total. The summed E-state index contributed by atoms with van der Waals surface area (Å²) < 4.78 is 10.4. The van der Waals surface area contributed by atoms with Gasteiger partial charge in [-0.05, 0) is 39.0 Å². The summed E-state index contributed by atoms with van der Waals surface area (Å²) in [5.41, 5.74) is 0.624. The van der Waals surface area contributed by atoms with Gasteiger partial charge in [-0.1, -0.05) is 6.07 Å². The lowest BCUT2D eigenvalue weighted by Gasteiger charge is -2.08. The first kappa shape index (κ1) is 19.9. The minimum Gasteiger partial charge on any atom is -0.462 e. The SMILES string of the molecule is CCOC(=O)c1c(NC(=O)c2cccc(NC(C)=O)c2)oc(C)c1C(C)=O. The van der Waals surface area contributed by atoms with Crippen molar-refractivity contribution in [3.8, 4) is 0 Å². The van der Waals surface area contributed by atoms with Crippen molar-refractivity contribution in [2.75, 3.05) is 17.2 Å². The third kappa shape index (κ3) is 4.60. The highest BCUT2D eigenvalue weighted by molar-refractivity contribution is 6.12. The van der Waals surface area contributed by atoms with Crippen LogP contribution in [0.5, 0.6) is 0 Å². The molecule has 0 saturated carbocycles. The molecule has 0 aliphatic rings. The van der Waals surface area contributed by atoms with E-state index in [0.29, 0.717) is 5.69 Å². The lowest BCUT2D eigenvalue weighted by atomic mass is 10.1. The largest absolute Gasteiger partial charge is 0.462 e. The van der Waals surface area contributed by atoms with Crippen LogP contribution in [-0.4, -0.2) is 30.2 Å². The summed E-state index contributed by atoms with van der Waals surface area (Å²) >= 11 is 0. The monoisotopic (exact) mass is 372 g/mol. The van der Waals surface area contributed by atoms with Crippen LogP contribution in [-0.2, 0) is 9.53 Å². The Morgan fingerprint density at radius 2 is 1.78 bits per heavy atom. The number of hydrogen-bond acceptors (Lipinski definition) is 6. The number of Topliss-reactive ketones (excluding diaryl/α,β-unsaturated/α-hetero) is 1. The van der Waals surface area contributed by atoms with E-state index in [0.717, 1.165) is 0 Å². The molecule has 0 unspecified atom stereocenters. The van der Waals surface area contributed by atoms with Gasteiger partial charge in [-0.2, -0.15) is 0 Å². The van der Waals surface area contributed by atoms with Crippen LogP contribution < -0.4 is 10.6 Å². The second-order valence-corrected chi connectivity index (χ2v) is 5.73. The molecule has 0 saturated heterocycles. The topological polar surface area (TPSA) is 115 Å². The number of ether oxygens (including phenoxy) is 1. The van der Waals surface area contributed by atoms with Crippen molar-refractivity contribution in [3.63, 3.8) is 0 Å². The van der Waals surface area contributed by atoms with Gasteiger partial charge in [0, 0.05) is 18.2 Å². The molecule has 142 valence electrons. The predicted molar refractivity (Wildman–Crippen MR) is 98.1 cm³/mol. The highest BCUT2D eigenvalue weighted by Crippen LogP contribution is 2.29. The molecule has 1 aromatic heterocycles. The van der Waals surface area contributed by atoms with Crippen molar-refractivity contribution < 1.29 is 28.3 Å². The molecule has 1 heterocycles. The van der Waals surface area contributed by atoms with Gasteiger partial charge < -0.3 is 14.5 Å². The number of ketones is 1. The normalized spacial score (nSPS) is 10.2. The molecule has 2 rings (SSSR count). The predicted octanol–water partition coefficient (Wildman–Crippen LogP) is 3.18. The molecule has 0 spiro atoms. The summed E-state index contributed by atoms with van der Waals surface area (Å²) in [4.78, 5) is 47.9. The van der Waals surface area contributed by atoms with Crippen LogP contribution in [0.1, 0.15) is 57.6 Å². The number of anilines is 2. The first-order valence-electron chi connectivity index (χ1n) is 8.25. The van der Waals surface area contributed by atoms with Crippen molar-refractivity contribution in [1.29, 1.82) is 0 Å². The van der Waals surface area contributed by atoms with Gasteiger partial charge in [0.15, 0.2) is 5.78 Å². The highest BCUT2D eigenvalue weighted by atomic mass is 16.5. The van der Waals surface area contributed by atoms with Crippen LogP contribution in [0.3, 0.4) is 0 Å². The molecular formula is C19H20N2O6. The quantitative estimate of drug-likeness (QED) is 0.594. The average molecular weight is 372 g/mol. The maximum Gasteiger partial charge on any atom is 0.344 e. The van der Waals surface area contributed by atoms with E-state index < -0.39 is 11.9 Å². The number of benzene rings is 1. The molecule has 0 bridgehead atoms. The number of hydrogen-bond donors (Lipinski definition) is 2. The maximum absolute atomic E-state index is 12.6. The van der Waals surface area contributed by atoms with Crippen molar-refractivity contribution in [1.82, 2.24) is 0 Å². The Kier molecular flexibility index (Phi) is 6.12. The summed E-state index contributed by atoms with van der Waals surface area (Å²) in [5.74, 6) is -1.95. The number of nitrogens with one attached hydrogen (secondary N) is 2. The third-order valence-corrected chi connectivity index (χ3v) is 3.59. The van der Waals surface area contributed by atoms with Crippen LogP contribution in [0.4, 0.5) is 11.6 Å². The standard InChI is InChI=1S/C19H20N2O6/c1-5-26-19(25)16-15(10(2)22)11(3)27-18(16)21-17(24)13-7-6-8-14(9-13)20-12(4)23/h6-9H,5H2,1-4H3,(H,20,23)(H,21,24). The fourth-order valence-electron chi connectivity index (χ4n) is 2.57. The Hall–Kier alpha value is -3.42. The summed E-state index contributed by atoms with van der Waals surface area (Å²) in [6.07, 6.45) is 0. The molecule has 2 amide bonds. The number of amides is 2. The summed E-state index contributed by atoms with van der Waals surface area (Å²) in [6, 6.07) is 6.24. The Balaban J connectivity index is 2.38. The smallest absolute Gasteiger partial charge is 0.344 e. The van der Waals surface area contributed by atoms with E-state index in [-0.39, 0.29) is 46.6 Å². The van der Waals surface area contributed by atoms with Gasteiger partial charge in [-0.3, -0.25) is 19.7 Å². The Morgan fingerprint density at radius 1 is 1.07 bits per heavy atom. The van der Waals surface area contributed by atoms with Crippen LogP contribution >= 0.6 is 0 Å². The molecular weight excluding hydrogens is 352 g/mol. The minimum absolute atomic E-state index is 0.0655. The molecule has 0 aliphatic carbocycles. The van der Waals surface area contributed by atoms with E-state index in [4.69, 9.17) is 9.15 Å². The van der Waals surface area contributed by atoms with Gasteiger partial charge in [-0.15, -0.1) is 0 Å². The van der Waals surface area contributed by atoms with E-state index in [2.05, 4.69) is 10.6 Å². The Labute approximate surface area is 155 Å². The van der Waals surface area contributed by atoms with Crippen molar-refractivity contribution in [2.45, 2.75) is 27.7 Å². The van der Waals surface area contributed by atoms with Crippen molar-refractivity contribution in [3.05, 3.63) is 46.7 Å². The second-order valence-electron chi connectivity index (χ2n) is 5.73. The van der Waals surface area contributed by atoms with Gasteiger partial charge in [0.25, 0.3) is 5.91 Å². The summed E-state index contributed by atoms with van der Waals surface area (Å²) in [6.45, 7) is 5.90. The van der Waals surface area contributed by atoms with E-state index in [9.17, 15) is 19.2 Å². The molecule has 1 aromatic carbocycles. The van der Waals surface area contributed by atoms with Gasteiger partial charge >= 0.3 is 5.97 Å². The Bertz CT molecular complexity index is 913. The number of carbonyl (C=O) groups is 4. The van der Waals surface area contributed by atoms with Gasteiger partial charge in [0.05, 0.1) is 12.2 Å². The number of rotatable bonds is 6. The van der Waals surface area contributed by atoms with Gasteiger partial charge in [0.2, 0.25) is 11.8 Å². The average Bonchev–Trinajstić information content (AvgIpc) is 2.90. The zero-order valence-corrected chi connectivity index (χ0v) is 15.5. The highest BCUT2D eigenvalue weighted by Gasteiger charge is 2.29.